The number of fused-ring (bicyclic) bond motifs is 4. The van der Waals surface area contributed by atoms with Crippen molar-refractivity contribution in [2.45, 2.75) is 150 Å². The van der Waals surface area contributed by atoms with Crippen molar-refractivity contribution < 1.29 is 28.9 Å². The van der Waals surface area contributed by atoms with Crippen molar-refractivity contribution in [2.24, 2.45) is 56.2 Å². The van der Waals surface area contributed by atoms with Crippen molar-refractivity contribution in [3.8, 4) is 0 Å². The van der Waals surface area contributed by atoms with Crippen LogP contribution >= 0.6 is 0 Å². The zero-order valence-corrected chi connectivity index (χ0v) is 31.8. The van der Waals surface area contributed by atoms with Crippen LogP contribution in [0.4, 0.5) is 9.59 Å². The van der Waals surface area contributed by atoms with Gasteiger partial charge in [0.05, 0.1) is 24.4 Å². The molecule has 9 nitrogen and oxygen atoms in total. The highest BCUT2D eigenvalue weighted by Gasteiger charge is 2.86. The number of amides is 2. The summed E-state index contributed by atoms with van der Waals surface area (Å²) in [5, 5.41) is 15.9. The molecule has 0 bridgehead atoms. The largest absolute Gasteiger partial charge is 0.446 e. The summed E-state index contributed by atoms with van der Waals surface area (Å²) in [5.74, 6) is 1.38. The Morgan fingerprint density at radius 2 is 1.61 bits per heavy atom. The van der Waals surface area contributed by atoms with E-state index in [4.69, 9.17) is 14.2 Å². The number of carbonyl (C=O) groups is 2. The van der Waals surface area contributed by atoms with E-state index in [0.29, 0.717) is 17.8 Å². The van der Waals surface area contributed by atoms with Gasteiger partial charge in [0, 0.05) is 42.4 Å². The van der Waals surface area contributed by atoms with Gasteiger partial charge in [-0.05, 0) is 105 Å². The minimum Gasteiger partial charge on any atom is -0.446 e. The number of nitrogens with zero attached hydrogens (tertiary/aromatic N) is 2. The van der Waals surface area contributed by atoms with E-state index in [0.717, 1.165) is 71.1 Å². The van der Waals surface area contributed by atoms with Crippen LogP contribution in [-0.2, 0) is 14.2 Å². The lowest BCUT2D eigenvalue weighted by molar-refractivity contribution is -0.218. The molecule has 0 aromatic rings. The third kappa shape index (κ3) is 4.33. The topological polar surface area (TPSA) is 101 Å². The summed E-state index contributed by atoms with van der Waals surface area (Å²) in [4.78, 5) is 30.0. The van der Waals surface area contributed by atoms with Crippen molar-refractivity contribution >= 4 is 12.2 Å². The van der Waals surface area contributed by atoms with E-state index in [-0.39, 0.29) is 81.1 Å². The quantitative estimate of drug-likeness (QED) is 0.343. The highest BCUT2D eigenvalue weighted by Crippen LogP contribution is 2.90. The smallest absolute Gasteiger partial charge is 0.410 e. The van der Waals surface area contributed by atoms with Gasteiger partial charge in [0.25, 0.3) is 0 Å². The molecule has 2 amide bonds. The first-order valence-corrected chi connectivity index (χ1v) is 19.9. The summed E-state index contributed by atoms with van der Waals surface area (Å²) >= 11 is 0. The van der Waals surface area contributed by atoms with Crippen LogP contribution in [-0.4, -0.2) is 96.9 Å². The highest BCUT2D eigenvalue weighted by molar-refractivity contribution is 5.69. The van der Waals surface area contributed by atoms with E-state index in [9.17, 15) is 14.7 Å². The molecule has 3 heterocycles. The number of nitrogens with one attached hydrogen (secondary N) is 1. The number of hydrogen-bond donors (Lipinski definition) is 2. The number of likely N-dealkylation sites (tertiary alicyclic amines) is 2. The standard InChI is InChI=1S/C40H65N3O6/c1-23(2)30(49-34(46)43-17-10-18-43)26-19-24(3)37(7)32(47-26)31(44)38(8)28-12-11-27-35(4,5)29(48-33(45)41-25-20-42(9)21-25)13-14-39(27)22-40(28,39)16-15-36(37,38)6/h23-32,44H,10-22H2,1-9H3,(H,41,45)/t24-,26?,27+,28?,29?,30-,31+,32?,36?,37+,38-,39?,40?/m1/s1. The van der Waals surface area contributed by atoms with E-state index in [1.807, 2.05) is 0 Å². The number of carbonyl (C=O) groups excluding carboxylic acids is 2. The lowest BCUT2D eigenvalue weighted by Gasteiger charge is -2.65. The van der Waals surface area contributed by atoms with Gasteiger partial charge in [0.2, 0.25) is 0 Å². The molecular formula is C40H65N3O6. The molecule has 2 N–H and O–H groups in total. The maximum Gasteiger partial charge on any atom is 0.410 e. The van der Waals surface area contributed by atoms with Gasteiger partial charge < -0.3 is 34.4 Å². The number of ether oxygens (including phenoxy) is 3. The van der Waals surface area contributed by atoms with Gasteiger partial charge in [0.1, 0.15) is 12.2 Å². The number of likely N-dealkylation sites (N-methyl/N-ethyl adjacent to an activating group) is 1. The molecule has 0 aromatic carbocycles. The maximum absolute atomic E-state index is 13.0. The third-order valence-corrected chi connectivity index (χ3v) is 17.8. The second kappa shape index (κ2) is 11.0. The van der Waals surface area contributed by atoms with Crippen molar-refractivity contribution in [3.05, 3.63) is 0 Å². The zero-order valence-electron chi connectivity index (χ0n) is 31.8. The Balaban J connectivity index is 1.04. The Bertz CT molecular complexity index is 1360. The number of aliphatic hydroxyl groups excluding tert-OH is 1. The lowest BCUT2D eigenvalue weighted by atomic mass is 9.39. The molecule has 7 unspecified atom stereocenters. The van der Waals surface area contributed by atoms with Gasteiger partial charge in [-0.3, -0.25) is 0 Å². The van der Waals surface area contributed by atoms with Crippen LogP contribution in [0, 0.1) is 56.2 Å². The molecule has 8 rings (SSSR count). The number of hydrogen-bond acceptors (Lipinski definition) is 7. The molecule has 13 atom stereocenters. The van der Waals surface area contributed by atoms with E-state index in [1.54, 1.807) is 4.90 Å². The fourth-order valence-electron chi connectivity index (χ4n) is 14.5. The summed E-state index contributed by atoms with van der Waals surface area (Å²) in [6.07, 6.45) is 7.71. The Morgan fingerprint density at radius 3 is 2.24 bits per heavy atom. The number of rotatable bonds is 5. The summed E-state index contributed by atoms with van der Waals surface area (Å²) in [5.41, 5.74) is -0.154. The first-order valence-electron chi connectivity index (χ1n) is 19.9. The average Bonchev–Trinajstić information content (AvgIpc) is 3.63. The van der Waals surface area contributed by atoms with Gasteiger partial charge in [-0.1, -0.05) is 55.4 Å². The van der Waals surface area contributed by atoms with Crippen LogP contribution in [0.25, 0.3) is 0 Å². The van der Waals surface area contributed by atoms with Crippen LogP contribution in [0.3, 0.4) is 0 Å². The zero-order chi connectivity index (χ0) is 35.1. The maximum atomic E-state index is 13.0. The lowest BCUT2D eigenvalue weighted by Crippen LogP contribution is -2.62. The fraction of sp³-hybridized carbons (Fsp3) is 0.950. The summed E-state index contributed by atoms with van der Waals surface area (Å²) < 4.78 is 19.6. The van der Waals surface area contributed by atoms with Gasteiger partial charge in [0.15, 0.2) is 0 Å². The van der Waals surface area contributed by atoms with Crippen LogP contribution < -0.4 is 5.32 Å². The normalized spacial score (nSPS) is 50.3. The van der Waals surface area contributed by atoms with Crippen molar-refractivity contribution in [2.75, 3.05) is 33.2 Å². The molecule has 5 saturated carbocycles. The number of alkyl carbamates (subject to hydrolysis) is 1. The summed E-state index contributed by atoms with van der Waals surface area (Å²) in [7, 11) is 2.07. The first-order chi connectivity index (χ1) is 23.0. The van der Waals surface area contributed by atoms with Crippen molar-refractivity contribution in [1.82, 2.24) is 15.1 Å². The second-order valence-corrected chi connectivity index (χ2v) is 20.0. The Morgan fingerprint density at radius 1 is 0.939 bits per heavy atom. The minimum absolute atomic E-state index is 0.0753. The Labute approximate surface area is 294 Å². The Hall–Kier alpha value is -1.58. The van der Waals surface area contributed by atoms with Crippen LogP contribution in [0.2, 0.25) is 0 Å². The van der Waals surface area contributed by atoms with E-state index in [1.165, 1.54) is 12.8 Å². The monoisotopic (exact) mass is 683 g/mol. The van der Waals surface area contributed by atoms with Gasteiger partial charge in [-0.25, -0.2) is 9.59 Å². The van der Waals surface area contributed by atoms with E-state index >= 15 is 0 Å². The molecule has 0 aromatic heterocycles. The van der Waals surface area contributed by atoms with Gasteiger partial charge >= 0.3 is 12.2 Å². The molecule has 9 heteroatoms. The van der Waals surface area contributed by atoms with Crippen LogP contribution in [0.5, 0.6) is 0 Å². The Kier molecular flexibility index (Phi) is 7.73. The van der Waals surface area contributed by atoms with Crippen molar-refractivity contribution in [3.63, 3.8) is 0 Å². The van der Waals surface area contributed by atoms with E-state index in [2.05, 4.69) is 72.7 Å². The minimum atomic E-state index is -0.579. The molecule has 2 spiro atoms. The molecule has 276 valence electrons. The summed E-state index contributed by atoms with van der Waals surface area (Å²) in [6, 6.07) is 0.192. The molecule has 3 aliphatic heterocycles. The third-order valence-electron chi connectivity index (χ3n) is 17.8. The van der Waals surface area contributed by atoms with Gasteiger partial charge in [-0.15, -0.1) is 0 Å². The molecule has 8 fully saturated rings. The number of aliphatic hydroxyl groups is 1. The molecule has 8 aliphatic rings. The fourth-order valence-corrected chi connectivity index (χ4v) is 14.5. The van der Waals surface area contributed by atoms with Crippen LogP contribution in [0.1, 0.15) is 113 Å². The van der Waals surface area contributed by atoms with Crippen molar-refractivity contribution in [1.29, 1.82) is 0 Å². The summed E-state index contributed by atoms with van der Waals surface area (Å²) in [6.45, 7) is 22.0. The predicted molar refractivity (Wildman–Crippen MR) is 187 cm³/mol. The average molecular weight is 684 g/mol. The molecule has 0 radical (unpaired) electrons. The molecule has 3 saturated heterocycles. The SMILES string of the molecule is CC(C)[C@@H](OC(=O)N1CCC1)C1C[C@@H](C)[C@@]2(C)C(O1)[C@H](O)[C@@]1(C)C3CC[C@H]4C(C)(C)C(OC(=O)NC5CN(C)C5)CCC45CC35CCC21C. The van der Waals surface area contributed by atoms with Crippen LogP contribution in [0.15, 0.2) is 0 Å². The first kappa shape index (κ1) is 34.5. The predicted octanol–water partition coefficient (Wildman–Crippen LogP) is 6.47. The molecular weight excluding hydrogens is 618 g/mol. The van der Waals surface area contributed by atoms with E-state index < -0.39 is 6.10 Å². The van der Waals surface area contributed by atoms with Gasteiger partial charge in [-0.2, -0.15) is 0 Å². The molecule has 5 aliphatic carbocycles. The highest BCUT2D eigenvalue weighted by atomic mass is 16.6. The second-order valence-electron chi connectivity index (χ2n) is 20.0. The molecule has 49 heavy (non-hydrogen) atoms.